The normalized spacial score (nSPS) is 27.0. The van der Waals surface area contributed by atoms with Crippen molar-refractivity contribution in [1.29, 1.82) is 0 Å². The summed E-state index contributed by atoms with van der Waals surface area (Å²) in [6, 6.07) is 1.75. The first kappa shape index (κ1) is 24.2. The molecule has 0 spiro atoms. The quantitative estimate of drug-likeness (QED) is 0.564. The average molecular weight is 463 g/mol. The van der Waals surface area contributed by atoms with Crippen LogP contribution in [-0.4, -0.2) is 61.8 Å². The van der Waals surface area contributed by atoms with E-state index in [0.29, 0.717) is 19.6 Å². The number of carbonyl (C=O) groups is 1. The Kier molecular flexibility index (Phi) is 8.12. The molecule has 1 amide bonds. The van der Waals surface area contributed by atoms with Crippen LogP contribution in [0.1, 0.15) is 48.0 Å². The van der Waals surface area contributed by atoms with E-state index >= 15 is 0 Å². The highest BCUT2D eigenvalue weighted by molar-refractivity contribution is 7.98. The number of methoxy groups -OCH3 is 1. The third-order valence-electron chi connectivity index (χ3n) is 5.88. The smallest absolute Gasteiger partial charge is 0.416 e. The van der Waals surface area contributed by atoms with Crippen molar-refractivity contribution in [2.45, 2.75) is 67.4 Å². The number of halogens is 3. The Bertz CT molecular complexity index is 744. The van der Waals surface area contributed by atoms with E-state index < -0.39 is 17.6 Å². The number of rotatable bonds is 6. The number of benzene rings is 1. The molecule has 0 unspecified atom stereocenters. The van der Waals surface area contributed by atoms with Gasteiger partial charge in [0.05, 0.1) is 37.0 Å². The molecule has 10 heteroatoms. The second-order valence-corrected chi connectivity index (χ2v) is 8.82. The molecule has 31 heavy (non-hydrogen) atoms. The van der Waals surface area contributed by atoms with Gasteiger partial charge in [-0.05, 0) is 50.5 Å². The average Bonchev–Trinajstić information content (AvgIpc) is 2.74. The van der Waals surface area contributed by atoms with Crippen molar-refractivity contribution in [2.24, 2.45) is 0 Å². The number of aliphatic hydroxyl groups excluding tert-OH is 1. The highest BCUT2D eigenvalue weighted by Gasteiger charge is 2.35. The Hall–Kier alpha value is -1.49. The van der Waals surface area contributed by atoms with Gasteiger partial charge in [-0.15, -0.1) is 11.8 Å². The van der Waals surface area contributed by atoms with Crippen LogP contribution in [0.5, 0.6) is 5.75 Å². The second-order valence-electron chi connectivity index (χ2n) is 7.98. The molecular formula is C21H29F3N2O4S. The third kappa shape index (κ3) is 6.06. The molecule has 1 aromatic carbocycles. The van der Waals surface area contributed by atoms with E-state index in [4.69, 9.17) is 9.47 Å². The minimum atomic E-state index is -4.54. The summed E-state index contributed by atoms with van der Waals surface area (Å²) >= 11 is 1.06. The topological polar surface area (TPSA) is 79.8 Å². The summed E-state index contributed by atoms with van der Waals surface area (Å²) in [5.74, 6) is -0.601. The van der Waals surface area contributed by atoms with Crippen LogP contribution in [0.15, 0.2) is 17.0 Å². The zero-order valence-corrected chi connectivity index (χ0v) is 18.4. The lowest BCUT2D eigenvalue weighted by molar-refractivity contribution is -0.137. The predicted octanol–water partition coefficient (Wildman–Crippen LogP) is 3.22. The van der Waals surface area contributed by atoms with Crippen LogP contribution in [0.2, 0.25) is 0 Å². The maximum Gasteiger partial charge on any atom is 0.416 e. The van der Waals surface area contributed by atoms with Crippen LogP contribution in [0, 0.1) is 0 Å². The van der Waals surface area contributed by atoms with Crippen LogP contribution < -0.4 is 15.4 Å². The van der Waals surface area contributed by atoms with Crippen LogP contribution >= 0.6 is 11.8 Å². The van der Waals surface area contributed by atoms with Crippen molar-refractivity contribution in [3.63, 3.8) is 0 Å². The molecule has 0 aromatic heterocycles. The van der Waals surface area contributed by atoms with Gasteiger partial charge in [-0.2, -0.15) is 13.2 Å². The molecule has 1 aliphatic heterocycles. The highest BCUT2D eigenvalue weighted by atomic mass is 32.2. The van der Waals surface area contributed by atoms with E-state index in [-0.39, 0.29) is 40.4 Å². The zero-order chi connectivity index (χ0) is 22.6. The number of ether oxygens (including phenoxy) is 2. The first-order chi connectivity index (χ1) is 14.7. The van der Waals surface area contributed by atoms with Gasteiger partial charge in [0, 0.05) is 23.6 Å². The maximum atomic E-state index is 13.2. The SMILES string of the molecule is COc1cc(C(F)(F)F)cc(SC)c1C(=O)N[C@H]1COCC[C@H]1NC1CCC(O)CC1. The molecule has 1 saturated heterocycles. The molecule has 2 aliphatic rings. The van der Waals surface area contributed by atoms with Gasteiger partial charge in [0.25, 0.3) is 5.91 Å². The highest BCUT2D eigenvalue weighted by Crippen LogP contribution is 2.38. The van der Waals surface area contributed by atoms with Gasteiger partial charge in [0.15, 0.2) is 0 Å². The van der Waals surface area contributed by atoms with Gasteiger partial charge >= 0.3 is 6.18 Å². The molecular weight excluding hydrogens is 433 g/mol. The predicted molar refractivity (Wildman–Crippen MR) is 112 cm³/mol. The number of hydrogen-bond acceptors (Lipinski definition) is 6. The van der Waals surface area contributed by atoms with Gasteiger partial charge in [0.1, 0.15) is 5.75 Å². The number of carbonyl (C=O) groups excluding carboxylic acids is 1. The van der Waals surface area contributed by atoms with Crippen LogP contribution in [-0.2, 0) is 10.9 Å². The van der Waals surface area contributed by atoms with Crippen LogP contribution in [0.4, 0.5) is 13.2 Å². The summed E-state index contributed by atoms with van der Waals surface area (Å²) in [6.07, 6.45) is 0.772. The fourth-order valence-corrected chi connectivity index (χ4v) is 4.81. The largest absolute Gasteiger partial charge is 0.496 e. The van der Waals surface area contributed by atoms with Gasteiger partial charge in [-0.1, -0.05) is 0 Å². The molecule has 1 heterocycles. The van der Waals surface area contributed by atoms with Gasteiger partial charge in [0.2, 0.25) is 0 Å². The van der Waals surface area contributed by atoms with Crippen molar-refractivity contribution >= 4 is 17.7 Å². The first-order valence-electron chi connectivity index (χ1n) is 10.4. The fourth-order valence-electron chi connectivity index (χ4n) is 4.16. The van der Waals surface area contributed by atoms with E-state index in [9.17, 15) is 23.1 Å². The monoisotopic (exact) mass is 462 g/mol. The Morgan fingerprint density at radius 3 is 2.52 bits per heavy atom. The number of amides is 1. The number of aliphatic hydroxyl groups is 1. The van der Waals surface area contributed by atoms with E-state index in [1.165, 1.54) is 7.11 Å². The standard InChI is InChI=1S/C21H29F3N2O4S/c1-29-17-9-12(21(22,23)24)10-18(31-2)19(17)20(28)26-16-11-30-8-7-15(16)25-13-3-5-14(27)6-4-13/h9-10,13-16,25,27H,3-8,11H2,1-2H3,(H,26,28)/t13?,14?,15-,16+/m1/s1. The molecule has 0 bridgehead atoms. The summed E-state index contributed by atoms with van der Waals surface area (Å²) < 4.78 is 50.4. The Labute approximate surface area is 184 Å². The molecule has 0 radical (unpaired) electrons. The molecule has 1 saturated carbocycles. The van der Waals surface area contributed by atoms with Crippen molar-refractivity contribution in [2.75, 3.05) is 26.6 Å². The van der Waals surface area contributed by atoms with Crippen molar-refractivity contribution < 1.29 is 32.5 Å². The minimum Gasteiger partial charge on any atom is -0.496 e. The number of hydrogen-bond donors (Lipinski definition) is 3. The summed E-state index contributed by atoms with van der Waals surface area (Å²) in [4.78, 5) is 13.3. The lowest BCUT2D eigenvalue weighted by Crippen LogP contribution is -2.57. The zero-order valence-electron chi connectivity index (χ0n) is 17.6. The molecule has 6 nitrogen and oxygen atoms in total. The molecule has 174 valence electrons. The van der Waals surface area contributed by atoms with Crippen molar-refractivity contribution in [3.8, 4) is 5.75 Å². The number of thioether (sulfide) groups is 1. The van der Waals surface area contributed by atoms with E-state index in [1.54, 1.807) is 6.26 Å². The van der Waals surface area contributed by atoms with E-state index in [2.05, 4.69) is 10.6 Å². The van der Waals surface area contributed by atoms with Gasteiger partial charge in [-0.25, -0.2) is 0 Å². The first-order valence-corrected chi connectivity index (χ1v) is 11.6. The maximum absolute atomic E-state index is 13.2. The Morgan fingerprint density at radius 1 is 1.19 bits per heavy atom. The molecule has 2 atom stereocenters. The molecule has 3 N–H and O–H groups in total. The minimum absolute atomic E-state index is 0.0175. The number of nitrogens with one attached hydrogen (secondary N) is 2. The lowest BCUT2D eigenvalue weighted by Gasteiger charge is -2.37. The summed E-state index contributed by atoms with van der Waals surface area (Å²) in [5.41, 5.74) is -0.765. The lowest BCUT2D eigenvalue weighted by atomic mass is 9.91. The summed E-state index contributed by atoms with van der Waals surface area (Å²) in [6.45, 7) is 0.884. The molecule has 3 rings (SSSR count). The second kappa shape index (κ2) is 10.4. The van der Waals surface area contributed by atoms with Crippen molar-refractivity contribution in [3.05, 3.63) is 23.3 Å². The van der Waals surface area contributed by atoms with Crippen LogP contribution in [0.25, 0.3) is 0 Å². The van der Waals surface area contributed by atoms with Crippen molar-refractivity contribution in [1.82, 2.24) is 10.6 Å². The Morgan fingerprint density at radius 2 is 1.90 bits per heavy atom. The Balaban J connectivity index is 1.77. The summed E-state index contributed by atoms with van der Waals surface area (Å²) in [7, 11) is 1.25. The summed E-state index contributed by atoms with van der Waals surface area (Å²) in [5, 5.41) is 16.2. The number of alkyl halides is 3. The molecule has 1 aliphatic carbocycles. The molecule has 1 aromatic rings. The van der Waals surface area contributed by atoms with Crippen LogP contribution in [0.3, 0.4) is 0 Å². The molecule has 2 fully saturated rings. The van der Waals surface area contributed by atoms with Gasteiger partial charge in [-0.3, -0.25) is 4.79 Å². The third-order valence-corrected chi connectivity index (χ3v) is 6.64. The van der Waals surface area contributed by atoms with E-state index in [1.807, 2.05) is 0 Å². The fraction of sp³-hybridized carbons (Fsp3) is 0.667. The van der Waals surface area contributed by atoms with Gasteiger partial charge < -0.3 is 25.2 Å². The van der Waals surface area contributed by atoms with E-state index in [0.717, 1.165) is 49.6 Å².